The van der Waals surface area contributed by atoms with Gasteiger partial charge in [-0.3, -0.25) is 0 Å². The standard InChI is InChI=1S/C22H25Cl/c1-2-3-4-17-5-7-18(8-6-17)19-9-11-20(12-10-19)21-13-15-22(23)16-14-21/h2-3,9-18H,4-8H2,1H3. The topological polar surface area (TPSA) is 0 Å². The minimum Gasteiger partial charge on any atom is -0.0917 e. The molecule has 2 aromatic rings. The third-order valence-electron chi connectivity index (χ3n) is 5.11. The number of allylic oxidation sites excluding steroid dienone is 2. The fraction of sp³-hybridized carbons (Fsp3) is 0.364. The zero-order valence-electron chi connectivity index (χ0n) is 13.8. The Hall–Kier alpha value is -1.53. The second-order valence-corrected chi connectivity index (χ2v) is 7.09. The molecule has 1 aliphatic rings. The maximum absolute atomic E-state index is 5.97. The molecule has 23 heavy (non-hydrogen) atoms. The summed E-state index contributed by atoms with van der Waals surface area (Å²) in [5, 5.41) is 0.792. The largest absolute Gasteiger partial charge is 0.0917 e. The summed E-state index contributed by atoms with van der Waals surface area (Å²) in [4.78, 5) is 0. The summed E-state index contributed by atoms with van der Waals surface area (Å²) in [5.41, 5.74) is 4.01. The molecule has 0 aliphatic heterocycles. The van der Waals surface area contributed by atoms with Crippen LogP contribution < -0.4 is 0 Å². The van der Waals surface area contributed by atoms with Crippen molar-refractivity contribution in [1.29, 1.82) is 0 Å². The predicted molar refractivity (Wildman–Crippen MR) is 101 cm³/mol. The Morgan fingerprint density at radius 2 is 1.43 bits per heavy atom. The van der Waals surface area contributed by atoms with Crippen LogP contribution in [0.25, 0.3) is 11.1 Å². The molecule has 0 saturated heterocycles. The molecule has 2 aromatic carbocycles. The van der Waals surface area contributed by atoms with Crippen LogP contribution in [0.2, 0.25) is 5.02 Å². The van der Waals surface area contributed by atoms with Gasteiger partial charge in [0.05, 0.1) is 0 Å². The van der Waals surface area contributed by atoms with E-state index in [9.17, 15) is 0 Å². The number of hydrogen-bond acceptors (Lipinski definition) is 0. The van der Waals surface area contributed by atoms with E-state index < -0.39 is 0 Å². The summed E-state index contributed by atoms with van der Waals surface area (Å²) in [6, 6.07) is 17.2. The van der Waals surface area contributed by atoms with Crippen LogP contribution in [0.5, 0.6) is 0 Å². The zero-order chi connectivity index (χ0) is 16.1. The Balaban J connectivity index is 1.63. The van der Waals surface area contributed by atoms with E-state index in [1.54, 1.807) is 0 Å². The fourth-order valence-corrected chi connectivity index (χ4v) is 3.78. The predicted octanol–water partition coefficient (Wildman–Crippen LogP) is 7.25. The van der Waals surface area contributed by atoms with Gasteiger partial charge in [0, 0.05) is 5.02 Å². The van der Waals surface area contributed by atoms with Crippen LogP contribution in [-0.4, -0.2) is 0 Å². The van der Waals surface area contributed by atoms with Gasteiger partial charge in [0.2, 0.25) is 0 Å². The molecule has 0 bridgehead atoms. The van der Waals surface area contributed by atoms with Crippen LogP contribution in [0.3, 0.4) is 0 Å². The first-order chi connectivity index (χ1) is 11.3. The Kier molecular flexibility index (Phi) is 5.56. The average molecular weight is 325 g/mol. The monoisotopic (exact) mass is 324 g/mol. The van der Waals surface area contributed by atoms with Crippen LogP contribution >= 0.6 is 11.6 Å². The minimum absolute atomic E-state index is 0.746. The van der Waals surface area contributed by atoms with Crippen LogP contribution in [0.1, 0.15) is 50.5 Å². The molecule has 0 N–H and O–H groups in total. The van der Waals surface area contributed by atoms with E-state index in [2.05, 4.69) is 55.5 Å². The summed E-state index contributed by atoms with van der Waals surface area (Å²) in [7, 11) is 0. The van der Waals surface area contributed by atoms with Gasteiger partial charge < -0.3 is 0 Å². The summed E-state index contributed by atoms with van der Waals surface area (Å²) in [5.74, 6) is 1.65. The van der Waals surface area contributed by atoms with E-state index >= 15 is 0 Å². The van der Waals surface area contributed by atoms with E-state index in [-0.39, 0.29) is 0 Å². The number of hydrogen-bond donors (Lipinski definition) is 0. The Bertz CT molecular complexity index is 629. The Morgan fingerprint density at radius 1 is 0.870 bits per heavy atom. The lowest BCUT2D eigenvalue weighted by Gasteiger charge is -2.28. The highest BCUT2D eigenvalue weighted by Crippen LogP contribution is 2.37. The Labute approximate surface area is 145 Å². The van der Waals surface area contributed by atoms with Crippen molar-refractivity contribution in [3.63, 3.8) is 0 Å². The summed E-state index contributed by atoms with van der Waals surface area (Å²) in [6.45, 7) is 2.12. The summed E-state index contributed by atoms with van der Waals surface area (Å²) < 4.78 is 0. The van der Waals surface area contributed by atoms with Gasteiger partial charge in [-0.1, -0.05) is 60.2 Å². The quantitative estimate of drug-likeness (QED) is 0.519. The van der Waals surface area contributed by atoms with Crippen molar-refractivity contribution in [3.8, 4) is 11.1 Å². The van der Waals surface area contributed by atoms with Gasteiger partial charge in [0.1, 0.15) is 0 Å². The highest BCUT2D eigenvalue weighted by atomic mass is 35.5. The third-order valence-corrected chi connectivity index (χ3v) is 5.36. The molecule has 0 nitrogen and oxygen atoms in total. The summed E-state index contributed by atoms with van der Waals surface area (Å²) in [6.07, 6.45) is 11.2. The molecule has 1 saturated carbocycles. The molecule has 0 amide bonds. The smallest absolute Gasteiger partial charge is 0.0406 e. The van der Waals surface area contributed by atoms with Gasteiger partial charge in [-0.05, 0) is 79.7 Å². The molecule has 1 heteroatoms. The normalized spacial score (nSPS) is 21.7. The van der Waals surface area contributed by atoms with Crippen molar-refractivity contribution in [2.45, 2.75) is 44.9 Å². The first-order valence-electron chi connectivity index (χ1n) is 8.73. The molecule has 120 valence electrons. The van der Waals surface area contributed by atoms with Crippen LogP contribution in [0, 0.1) is 5.92 Å². The van der Waals surface area contributed by atoms with Gasteiger partial charge in [0.15, 0.2) is 0 Å². The molecule has 0 aromatic heterocycles. The van der Waals surface area contributed by atoms with Crippen LogP contribution in [0.15, 0.2) is 60.7 Å². The van der Waals surface area contributed by atoms with E-state index in [1.807, 2.05) is 12.1 Å². The molecule has 3 rings (SSSR count). The van der Waals surface area contributed by atoms with Crippen molar-refractivity contribution in [2.24, 2.45) is 5.92 Å². The lowest BCUT2D eigenvalue weighted by atomic mass is 9.77. The number of benzene rings is 2. The SMILES string of the molecule is CC=CCC1CCC(c2ccc(-c3ccc(Cl)cc3)cc2)CC1. The van der Waals surface area contributed by atoms with E-state index in [1.165, 1.54) is 48.8 Å². The van der Waals surface area contributed by atoms with Gasteiger partial charge in [-0.25, -0.2) is 0 Å². The van der Waals surface area contributed by atoms with Crippen molar-refractivity contribution >= 4 is 11.6 Å². The molecule has 1 fully saturated rings. The third kappa shape index (κ3) is 4.26. The highest BCUT2D eigenvalue weighted by Gasteiger charge is 2.21. The van der Waals surface area contributed by atoms with Crippen molar-refractivity contribution in [1.82, 2.24) is 0 Å². The molecule has 0 radical (unpaired) electrons. The fourth-order valence-electron chi connectivity index (χ4n) is 3.65. The van der Waals surface area contributed by atoms with E-state index in [0.717, 1.165) is 16.9 Å². The van der Waals surface area contributed by atoms with E-state index in [0.29, 0.717) is 0 Å². The maximum atomic E-state index is 5.97. The second-order valence-electron chi connectivity index (χ2n) is 6.65. The zero-order valence-corrected chi connectivity index (χ0v) is 14.6. The van der Waals surface area contributed by atoms with Crippen LogP contribution in [-0.2, 0) is 0 Å². The van der Waals surface area contributed by atoms with Gasteiger partial charge >= 0.3 is 0 Å². The van der Waals surface area contributed by atoms with Gasteiger partial charge in [0.25, 0.3) is 0 Å². The molecular weight excluding hydrogens is 300 g/mol. The van der Waals surface area contributed by atoms with Crippen molar-refractivity contribution in [3.05, 3.63) is 71.3 Å². The average Bonchev–Trinajstić information content (AvgIpc) is 2.61. The lowest BCUT2D eigenvalue weighted by molar-refractivity contribution is 0.328. The molecular formula is C22H25Cl. The highest BCUT2D eigenvalue weighted by molar-refractivity contribution is 6.30. The first-order valence-corrected chi connectivity index (χ1v) is 9.11. The maximum Gasteiger partial charge on any atom is 0.0406 e. The van der Waals surface area contributed by atoms with Crippen molar-refractivity contribution < 1.29 is 0 Å². The van der Waals surface area contributed by atoms with Gasteiger partial charge in [-0.2, -0.15) is 0 Å². The lowest BCUT2D eigenvalue weighted by Crippen LogP contribution is -2.12. The molecule has 1 aliphatic carbocycles. The second kappa shape index (κ2) is 7.84. The minimum atomic E-state index is 0.746. The molecule has 0 atom stereocenters. The number of rotatable bonds is 4. The molecule has 0 unspecified atom stereocenters. The summed E-state index contributed by atoms with van der Waals surface area (Å²) >= 11 is 5.97. The van der Waals surface area contributed by atoms with Crippen molar-refractivity contribution in [2.75, 3.05) is 0 Å². The van der Waals surface area contributed by atoms with E-state index in [4.69, 9.17) is 11.6 Å². The van der Waals surface area contributed by atoms with Gasteiger partial charge in [-0.15, -0.1) is 0 Å². The number of halogens is 1. The van der Waals surface area contributed by atoms with Crippen LogP contribution in [0.4, 0.5) is 0 Å². The Morgan fingerprint density at radius 3 is 2.00 bits per heavy atom. The molecule has 0 spiro atoms. The first kappa shape index (κ1) is 16.3. The molecule has 0 heterocycles.